The zero-order chi connectivity index (χ0) is 13.4. The molecule has 6 heteroatoms. The van der Waals surface area contributed by atoms with Crippen LogP contribution in [0.25, 0.3) is 0 Å². The van der Waals surface area contributed by atoms with Gasteiger partial charge in [-0.2, -0.15) is 4.31 Å². The minimum atomic E-state index is -3.60. The number of piperidine rings is 1. The smallest absolute Gasteiger partial charge is 0.245 e. The lowest BCUT2D eigenvalue weighted by atomic mass is 9.82. The predicted octanol–water partition coefficient (Wildman–Crippen LogP) is 1.07. The Morgan fingerprint density at radius 2 is 2.11 bits per heavy atom. The molecule has 1 aliphatic heterocycles. The van der Waals surface area contributed by atoms with E-state index in [2.05, 4.69) is 4.98 Å². The van der Waals surface area contributed by atoms with Crippen molar-refractivity contribution in [2.24, 2.45) is 5.41 Å². The number of aromatic nitrogens is 1. The van der Waals surface area contributed by atoms with Gasteiger partial charge >= 0.3 is 0 Å². The van der Waals surface area contributed by atoms with E-state index in [1.165, 1.54) is 22.8 Å². The van der Waals surface area contributed by atoms with E-state index in [-0.39, 0.29) is 17.2 Å². The molecule has 0 bridgehead atoms. The van der Waals surface area contributed by atoms with Gasteiger partial charge in [-0.1, -0.05) is 13.8 Å². The third-order valence-corrected chi connectivity index (χ3v) is 5.16. The summed E-state index contributed by atoms with van der Waals surface area (Å²) in [7, 11) is -3.60. The quantitative estimate of drug-likeness (QED) is 0.804. The Hall–Kier alpha value is -1.27. The van der Waals surface area contributed by atoms with Crippen LogP contribution in [0.4, 0.5) is 0 Å². The summed E-state index contributed by atoms with van der Waals surface area (Å²) in [5.74, 6) is -0.0405. The summed E-state index contributed by atoms with van der Waals surface area (Å²) in [6.45, 7) is 4.02. The third kappa shape index (κ3) is 2.30. The van der Waals surface area contributed by atoms with Gasteiger partial charge < -0.3 is 0 Å². The van der Waals surface area contributed by atoms with E-state index < -0.39 is 15.4 Å². The number of hydrogen-bond acceptors (Lipinski definition) is 4. The number of ketones is 1. The first-order valence-electron chi connectivity index (χ1n) is 5.77. The minimum Gasteiger partial charge on any atom is -0.298 e. The second kappa shape index (κ2) is 4.44. The van der Waals surface area contributed by atoms with Gasteiger partial charge in [0, 0.05) is 24.4 Å². The average Bonchev–Trinajstić information content (AvgIpc) is 2.33. The molecule has 98 valence electrons. The minimum absolute atomic E-state index is 0.0405. The van der Waals surface area contributed by atoms with Crippen molar-refractivity contribution in [3.8, 4) is 0 Å². The van der Waals surface area contributed by atoms with Crippen molar-refractivity contribution >= 4 is 15.8 Å². The number of pyridine rings is 1. The Balaban J connectivity index is 2.26. The molecule has 1 saturated heterocycles. The fourth-order valence-electron chi connectivity index (χ4n) is 1.85. The molecule has 0 atom stereocenters. The molecule has 0 aromatic carbocycles. The summed E-state index contributed by atoms with van der Waals surface area (Å²) in [6, 6.07) is 3.06. The summed E-state index contributed by atoms with van der Waals surface area (Å²) in [6.07, 6.45) is 3.37. The molecule has 1 fully saturated rings. The van der Waals surface area contributed by atoms with E-state index in [1.807, 2.05) is 13.8 Å². The van der Waals surface area contributed by atoms with Crippen molar-refractivity contribution in [3.63, 3.8) is 0 Å². The molecule has 1 aromatic rings. The van der Waals surface area contributed by atoms with Gasteiger partial charge in [0.15, 0.2) is 5.78 Å². The number of sulfonamides is 1. The van der Waals surface area contributed by atoms with Crippen LogP contribution < -0.4 is 0 Å². The number of carbonyl (C=O) groups is 1. The van der Waals surface area contributed by atoms with Crippen LogP contribution in [-0.2, 0) is 14.8 Å². The highest BCUT2D eigenvalue weighted by Crippen LogP contribution is 2.29. The molecule has 0 unspecified atom stereocenters. The molecular formula is C12H16N2O3S. The Morgan fingerprint density at radius 3 is 2.67 bits per heavy atom. The third-order valence-electron chi connectivity index (χ3n) is 3.33. The van der Waals surface area contributed by atoms with Crippen LogP contribution in [0.1, 0.15) is 20.3 Å². The molecular weight excluding hydrogens is 252 g/mol. The first-order chi connectivity index (χ1) is 8.34. The van der Waals surface area contributed by atoms with Crippen LogP contribution in [0.5, 0.6) is 0 Å². The van der Waals surface area contributed by atoms with Gasteiger partial charge in [0.05, 0.1) is 6.54 Å². The second-order valence-electron chi connectivity index (χ2n) is 5.08. The zero-order valence-electron chi connectivity index (χ0n) is 10.5. The van der Waals surface area contributed by atoms with Crippen molar-refractivity contribution in [1.29, 1.82) is 0 Å². The number of Topliss-reactive ketones (excluding diaryl/α,β-unsaturated/α-hetero) is 1. The fourth-order valence-corrected chi connectivity index (χ4v) is 3.21. The van der Waals surface area contributed by atoms with E-state index in [9.17, 15) is 13.2 Å². The van der Waals surface area contributed by atoms with Gasteiger partial charge in [-0.25, -0.2) is 8.42 Å². The molecule has 2 rings (SSSR count). The summed E-state index contributed by atoms with van der Waals surface area (Å²) < 4.78 is 25.8. The van der Waals surface area contributed by atoms with E-state index in [4.69, 9.17) is 0 Å². The molecule has 0 amide bonds. The van der Waals surface area contributed by atoms with E-state index in [1.54, 1.807) is 6.07 Å². The largest absolute Gasteiger partial charge is 0.298 e. The second-order valence-corrected chi connectivity index (χ2v) is 7.02. The molecule has 0 spiro atoms. The van der Waals surface area contributed by atoms with Crippen molar-refractivity contribution in [1.82, 2.24) is 9.29 Å². The first-order valence-corrected chi connectivity index (χ1v) is 7.21. The van der Waals surface area contributed by atoms with Crippen LogP contribution in [0.2, 0.25) is 0 Å². The van der Waals surface area contributed by atoms with Crippen molar-refractivity contribution in [2.75, 3.05) is 13.1 Å². The van der Waals surface area contributed by atoms with Crippen molar-refractivity contribution in [3.05, 3.63) is 24.5 Å². The van der Waals surface area contributed by atoms with E-state index >= 15 is 0 Å². The Morgan fingerprint density at radius 1 is 1.39 bits per heavy atom. The van der Waals surface area contributed by atoms with Crippen molar-refractivity contribution in [2.45, 2.75) is 25.2 Å². The number of carbonyl (C=O) groups excluding carboxylic acids is 1. The van der Waals surface area contributed by atoms with Crippen LogP contribution in [0.3, 0.4) is 0 Å². The lowest BCUT2D eigenvalue weighted by molar-refractivity contribution is -0.130. The van der Waals surface area contributed by atoms with Crippen LogP contribution in [0.15, 0.2) is 29.4 Å². The molecule has 0 N–H and O–H groups in total. The van der Waals surface area contributed by atoms with Gasteiger partial charge in [-0.05, 0) is 18.6 Å². The monoisotopic (exact) mass is 268 g/mol. The lowest BCUT2D eigenvalue weighted by Crippen LogP contribution is -2.47. The predicted molar refractivity (Wildman–Crippen MR) is 66.4 cm³/mol. The molecule has 0 saturated carbocycles. The van der Waals surface area contributed by atoms with Gasteiger partial charge in [0.1, 0.15) is 4.90 Å². The van der Waals surface area contributed by atoms with E-state index in [0.29, 0.717) is 13.0 Å². The Bertz CT molecular complexity index is 552. The summed E-state index contributed by atoms with van der Waals surface area (Å²) >= 11 is 0. The van der Waals surface area contributed by atoms with Crippen LogP contribution >= 0.6 is 0 Å². The SMILES string of the molecule is CC1(C)CCN(S(=O)(=O)c2cccnc2)CC1=O. The highest BCUT2D eigenvalue weighted by atomic mass is 32.2. The molecule has 1 aromatic heterocycles. The first kappa shape index (κ1) is 13.2. The maximum absolute atomic E-state index is 12.3. The Labute approximate surface area is 107 Å². The molecule has 0 aliphatic carbocycles. The van der Waals surface area contributed by atoms with Gasteiger partial charge in [-0.3, -0.25) is 9.78 Å². The molecule has 0 radical (unpaired) electrons. The summed E-state index contributed by atoms with van der Waals surface area (Å²) in [4.78, 5) is 15.8. The van der Waals surface area contributed by atoms with Gasteiger partial charge in [0.2, 0.25) is 10.0 Å². The highest BCUT2D eigenvalue weighted by molar-refractivity contribution is 7.89. The van der Waals surface area contributed by atoms with Gasteiger partial charge in [0.25, 0.3) is 0 Å². The highest BCUT2D eigenvalue weighted by Gasteiger charge is 2.38. The topological polar surface area (TPSA) is 67.3 Å². The maximum Gasteiger partial charge on any atom is 0.245 e. The van der Waals surface area contributed by atoms with Crippen LogP contribution in [0, 0.1) is 5.41 Å². The number of hydrogen-bond donors (Lipinski definition) is 0. The summed E-state index contributed by atoms with van der Waals surface area (Å²) in [5, 5.41) is 0. The fraction of sp³-hybridized carbons (Fsp3) is 0.500. The standard InChI is InChI=1S/C12H16N2O3S/c1-12(2)5-7-14(9-11(12)15)18(16,17)10-4-3-6-13-8-10/h3-4,6,8H,5,7,9H2,1-2H3. The molecule has 1 aliphatic rings. The maximum atomic E-state index is 12.3. The molecule has 2 heterocycles. The molecule has 5 nitrogen and oxygen atoms in total. The van der Waals surface area contributed by atoms with Gasteiger partial charge in [-0.15, -0.1) is 0 Å². The number of nitrogens with zero attached hydrogens (tertiary/aromatic N) is 2. The van der Waals surface area contributed by atoms with Crippen molar-refractivity contribution < 1.29 is 13.2 Å². The van der Waals surface area contributed by atoms with Crippen LogP contribution in [-0.4, -0.2) is 36.6 Å². The Kier molecular flexibility index (Phi) is 3.25. The number of rotatable bonds is 2. The lowest BCUT2D eigenvalue weighted by Gasteiger charge is -2.34. The zero-order valence-corrected chi connectivity index (χ0v) is 11.3. The van der Waals surface area contributed by atoms with E-state index in [0.717, 1.165) is 0 Å². The average molecular weight is 268 g/mol. The normalized spacial score (nSPS) is 20.9. The summed E-state index contributed by atoms with van der Waals surface area (Å²) in [5.41, 5.74) is -0.430. The molecule has 18 heavy (non-hydrogen) atoms.